The van der Waals surface area contributed by atoms with Gasteiger partial charge in [0.05, 0.1) is 6.04 Å². The first-order chi connectivity index (χ1) is 7.47. The van der Waals surface area contributed by atoms with Crippen molar-refractivity contribution in [2.24, 2.45) is 11.5 Å². The van der Waals surface area contributed by atoms with Crippen molar-refractivity contribution in [1.82, 2.24) is 10.6 Å². The van der Waals surface area contributed by atoms with Gasteiger partial charge in [-0.05, 0) is 26.2 Å². The van der Waals surface area contributed by atoms with Crippen LogP contribution in [0, 0.1) is 0 Å². The molecular formula is C10H22N4O2. The molecule has 6 nitrogen and oxygen atoms in total. The summed E-state index contributed by atoms with van der Waals surface area (Å²) in [5.41, 5.74) is 10.4. The van der Waals surface area contributed by atoms with Crippen molar-refractivity contribution < 1.29 is 9.59 Å². The highest BCUT2D eigenvalue weighted by Crippen LogP contribution is 2.01. The molecule has 0 heterocycles. The van der Waals surface area contributed by atoms with Crippen LogP contribution in [0.15, 0.2) is 0 Å². The molecule has 0 aromatic rings. The number of urea groups is 1. The number of nitrogens with two attached hydrogens (primary N) is 2. The van der Waals surface area contributed by atoms with Crippen LogP contribution in [-0.2, 0) is 4.79 Å². The molecule has 0 rings (SSSR count). The molecule has 0 saturated heterocycles. The maximum absolute atomic E-state index is 11.3. The molecule has 0 radical (unpaired) electrons. The van der Waals surface area contributed by atoms with Gasteiger partial charge >= 0.3 is 6.03 Å². The second kappa shape index (κ2) is 7.92. The summed E-state index contributed by atoms with van der Waals surface area (Å²) in [7, 11) is 0. The molecule has 0 aliphatic rings. The van der Waals surface area contributed by atoms with E-state index in [-0.39, 0.29) is 11.9 Å². The highest BCUT2D eigenvalue weighted by atomic mass is 16.2. The van der Waals surface area contributed by atoms with Gasteiger partial charge in [0.25, 0.3) is 0 Å². The molecule has 1 unspecified atom stereocenters. The molecule has 6 heteroatoms. The number of rotatable bonds is 7. The van der Waals surface area contributed by atoms with Crippen molar-refractivity contribution in [2.45, 2.75) is 45.2 Å². The third kappa shape index (κ3) is 7.05. The summed E-state index contributed by atoms with van der Waals surface area (Å²) in [6, 6.07) is -0.904. The predicted octanol–water partition coefficient (Wildman–Crippen LogP) is -0.323. The highest BCUT2D eigenvalue weighted by molar-refractivity contribution is 5.81. The lowest BCUT2D eigenvalue weighted by Gasteiger charge is -2.18. The summed E-state index contributed by atoms with van der Waals surface area (Å²) in [4.78, 5) is 21.7. The van der Waals surface area contributed by atoms with Gasteiger partial charge < -0.3 is 22.1 Å². The Kier molecular flexibility index (Phi) is 7.28. The molecule has 2 atom stereocenters. The van der Waals surface area contributed by atoms with E-state index in [1.165, 1.54) is 0 Å². The van der Waals surface area contributed by atoms with Gasteiger partial charge in [-0.3, -0.25) is 4.79 Å². The number of carbonyl (C=O) groups is 2. The fraction of sp³-hybridized carbons (Fsp3) is 0.800. The third-order valence-electron chi connectivity index (χ3n) is 2.28. The molecule has 0 aromatic carbocycles. The van der Waals surface area contributed by atoms with E-state index in [0.717, 1.165) is 19.3 Å². The number of nitrogens with one attached hydrogen (secondary N) is 2. The van der Waals surface area contributed by atoms with Gasteiger partial charge in [-0.2, -0.15) is 0 Å². The predicted molar refractivity (Wildman–Crippen MR) is 62.7 cm³/mol. The molecular weight excluding hydrogens is 208 g/mol. The number of amides is 3. The maximum atomic E-state index is 11.3. The molecule has 0 fully saturated rings. The standard InChI is InChI=1S/C10H22N4O2/c1-3-8(14-9(15)7(2)11)5-4-6-13-10(12)16/h7-8H,3-6,11H2,1-2H3,(H,14,15)(H3,12,13,16)/t7-,8?/m0/s1. The zero-order valence-corrected chi connectivity index (χ0v) is 9.95. The Morgan fingerprint density at radius 3 is 2.44 bits per heavy atom. The fourth-order valence-corrected chi connectivity index (χ4v) is 1.27. The largest absolute Gasteiger partial charge is 0.352 e. The van der Waals surface area contributed by atoms with E-state index in [1.54, 1.807) is 6.92 Å². The first-order valence-electron chi connectivity index (χ1n) is 5.56. The quantitative estimate of drug-likeness (QED) is 0.450. The zero-order chi connectivity index (χ0) is 12.6. The van der Waals surface area contributed by atoms with Crippen LogP contribution in [0.25, 0.3) is 0 Å². The van der Waals surface area contributed by atoms with Crippen molar-refractivity contribution in [3.05, 3.63) is 0 Å². The summed E-state index contributed by atoms with van der Waals surface area (Å²) in [6.45, 7) is 4.17. The number of carbonyl (C=O) groups excluding carboxylic acids is 2. The Hall–Kier alpha value is -1.30. The Bertz CT molecular complexity index is 231. The van der Waals surface area contributed by atoms with E-state index >= 15 is 0 Å². The monoisotopic (exact) mass is 230 g/mol. The van der Waals surface area contributed by atoms with Crippen LogP contribution in [0.1, 0.15) is 33.1 Å². The topological polar surface area (TPSA) is 110 Å². The molecule has 94 valence electrons. The van der Waals surface area contributed by atoms with E-state index in [1.807, 2.05) is 6.92 Å². The van der Waals surface area contributed by atoms with Gasteiger partial charge in [0.1, 0.15) is 0 Å². The van der Waals surface area contributed by atoms with Crippen LogP contribution in [0.4, 0.5) is 4.79 Å². The Morgan fingerprint density at radius 1 is 1.38 bits per heavy atom. The van der Waals surface area contributed by atoms with Crippen molar-refractivity contribution >= 4 is 11.9 Å². The lowest BCUT2D eigenvalue weighted by atomic mass is 10.1. The molecule has 0 aliphatic heterocycles. The van der Waals surface area contributed by atoms with E-state index < -0.39 is 12.1 Å². The summed E-state index contributed by atoms with van der Waals surface area (Å²) < 4.78 is 0. The second-order valence-electron chi connectivity index (χ2n) is 3.84. The normalized spacial score (nSPS) is 13.9. The van der Waals surface area contributed by atoms with Crippen LogP contribution in [0.2, 0.25) is 0 Å². The molecule has 6 N–H and O–H groups in total. The zero-order valence-electron chi connectivity index (χ0n) is 9.95. The van der Waals surface area contributed by atoms with Gasteiger partial charge in [0.2, 0.25) is 5.91 Å². The average Bonchev–Trinajstić information content (AvgIpc) is 2.21. The summed E-state index contributed by atoms with van der Waals surface area (Å²) in [5, 5.41) is 5.35. The first kappa shape index (κ1) is 14.7. The van der Waals surface area contributed by atoms with E-state index in [2.05, 4.69) is 10.6 Å². The summed E-state index contributed by atoms with van der Waals surface area (Å²) >= 11 is 0. The molecule has 16 heavy (non-hydrogen) atoms. The average molecular weight is 230 g/mol. The van der Waals surface area contributed by atoms with Crippen molar-refractivity contribution in [3.63, 3.8) is 0 Å². The van der Waals surface area contributed by atoms with Gasteiger partial charge in [0.15, 0.2) is 0 Å². The Morgan fingerprint density at radius 2 is 2.00 bits per heavy atom. The van der Waals surface area contributed by atoms with Gasteiger partial charge in [0, 0.05) is 12.6 Å². The number of hydrogen-bond donors (Lipinski definition) is 4. The van der Waals surface area contributed by atoms with Gasteiger partial charge in [-0.1, -0.05) is 6.92 Å². The Balaban J connectivity index is 3.75. The van der Waals surface area contributed by atoms with E-state index in [9.17, 15) is 9.59 Å². The highest BCUT2D eigenvalue weighted by Gasteiger charge is 2.12. The molecule has 0 aromatic heterocycles. The van der Waals surface area contributed by atoms with Crippen molar-refractivity contribution in [2.75, 3.05) is 6.54 Å². The summed E-state index contributed by atoms with van der Waals surface area (Å²) in [6.07, 6.45) is 2.42. The van der Waals surface area contributed by atoms with Crippen LogP contribution in [-0.4, -0.2) is 30.6 Å². The second-order valence-corrected chi connectivity index (χ2v) is 3.84. The molecule has 0 bridgehead atoms. The van der Waals surface area contributed by atoms with Gasteiger partial charge in [-0.15, -0.1) is 0 Å². The van der Waals surface area contributed by atoms with Gasteiger partial charge in [-0.25, -0.2) is 4.79 Å². The van der Waals surface area contributed by atoms with Crippen LogP contribution < -0.4 is 22.1 Å². The van der Waals surface area contributed by atoms with E-state index in [4.69, 9.17) is 11.5 Å². The minimum atomic E-state index is -0.521. The maximum Gasteiger partial charge on any atom is 0.312 e. The summed E-state index contributed by atoms with van der Waals surface area (Å²) in [5.74, 6) is -0.144. The minimum absolute atomic E-state index is 0.105. The van der Waals surface area contributed by atoms with Crippen molar-refractivity contribution in [1.29, 1.82) is 0 Å². The molecule has 3 amide bonds. The number of primary amides is 1. The SMILES string of the molecule is CCC(CCCNC(N)=O)NC(=O)[C@H](C)N. The molecule has 0 spiro atoms. The lowest BCUT2D eigenvalue weighted by Crippen LogP contribution is -2.44. The molecule has 0 saturated carbocycles. The van der Waals surface area contributed by atoms with Crippen LogP contribution in [0.3, 0.4) is 0 Å². The smallest absolute Gasteiger partial charge is 0.312 e. The first-order valence-corrected chi connectivity index (χ1v) is 5.56. The minimum Gasteiger partial charge on any atom is -0.352 e. The van der Waals surface area contributed by atoms with Crippen molar-refractivity contribution in [3.8, 4) is 0 Å². The lowest BCUT2D eigenvalue weighted by molar-refractivity contribution is -0.122. The molecule has 0 aliphatic carbocycles. The third-order valence-corrected chi connectivity index (χ3v) is 2.28. The number of hydrogen-bond acceptors (Lipinski definition) is 3. The fourth-order valence-electron chi connectivity index (χ4n) is 1.27. The van der Waals surface area contributed by atoms with E-state index in [0.29, 0.717) is 6.54 Å². The van der Waals surface area contributed by atoms with Crippen LogP contribution >= 0.6 is 0 Å². The van der Waals surface area contributed by atoms with Crippen LogP contribution in [0.5, 0.6) is 0 Å². The Labute approximate surface area is 96.1 Å².